The Bertz CT molecular complexity index is 617. The minimum Gasteiger partial charge on any atom is -0.313 e. The summed E-state index contributed by atoms with van der Waals surface area (Å²) >= 11 is 0. The Morgan fingerprint density at radius 1 is 1.44 bits per heavy atom. The zero-order chi connectivity index (χ0) is 11.5. The van der Waals surface area contributed by atoms with Crippen molar-refractivity contribution in [2.45, 2.75) is 6.92 Å². The molecule has 0 unspecified atom stereocenters. The smallest absolute Gasteiger partial charge is 0.274 e. The number of allylic oxidation sites excluding steroid dienone is 2. The molecular formula is C12H13N3O. The first-order valence-electron chi connectivity index (χ1n) is 5.06. The Morgan fingerprint density at radius 3 is 3.00 bits per heavy atom. The molecule has 0 N–H and O–H groups in total. The normalized spacial score (nSPS) is 12.1. The van der Waals surface area contributed by atoms with Gasteiger partial charge in [-0.05, 0) is 25.1 Å². The van der Waals surface area contributed by atoms with Crippen molar-refractivity contribution in [2.75, 3.05) is 0 Å². The zero-order valence-electron chi connectivity index (χ0n) is 9.29. The Kier molecular flexibility index (Phi) is 2.72. The molecule has 0 amide bonds. The van der Waals surface area contributed by atoms with Crippen LogP contribution in [0.5, 0.6) is 0 Å². The summed E-state index contributed by atoms with van der Waals surface area (Å²) in [6, 6.07) is 3.63. The molecule has 2 aromatic rings. The van der Waals surface area contributed by atoms with Crippen LogP contribution in [0.25, 0.3) is 5.52 Å². The highest BCUT2D eigenvalue weighted by atomic mass is 16.1. The van der Waals surface area contributed by atoms with Gasteiger partial charge in [-0.15, -0.1) is 0 Å². The Morgan fingerprint density at radius 2 is 2.25 bits per heavy atom. The summed E-state index contributed by atoms with van der Waals surface area (Å²) < 4.78 is 3.32. The number of aryl methyl sites for hydroxylation is 1. The lowest BCUT2D eigenvalue weighted by Crippen LogP contribution is -2.17. The molecule has 0 fully saturated rings. The van der Waals surface area contributed by atoms with Crippen molar-refractivity contribution >= 4 is 17.5 Å². The molecule has 2 heterocycles. The maximum absolute atomic E-state index is 11.7. The highest BCUT2D eigenvalue weighted by Crippen LogP contribution is 2.12. The lowest BCUT2D eigenvalue weighted by atomic mass is 10.5. The molecular weight excluding hydrogens is 202 g/mol. The summed E-state index contributed by atoms with van der Waals surface area (Å²) in [6.45, 7) is 1.93. The van der Waals surface area contributed by atoms with E-state index in [4.69, 9.17) is 0 Å². The fourth-order valence-electron chi connectivity index (χ4n) is 1.53. The molecule has 0 aromatic carbocycles. The predicted molar refractivity (Wildman–Crippen MR) is 65.6 cm³/mol. The Balaban J connectivity index is 2.66. The average molecular weight is 215 g/mol. The number of hydrogen-bond donors (Lipinski definition) is 0. The first-order valence-corrected chi connectivity index (χ1v) is 5.06. The molecule has 4 heteroatoms. The van der Waals surface area contributed by atoms with Crippen molar-refractivity contribution in [1.82, 2.24) is 8.97 Å². The highest BCUT2D eigenvalue weighted by molar-refractivity contribution is 5.74. The van der Waals surface area contributed by atoms with Crippen LogP contribution in [-0.4, -0.2) is 15.2 Å². The Labute approximate surface area is 93.2 Å². The fraction of sp³-hybridized carbons (Fsp3) is 0.167. The van der Waals surface area contributed by atoms with E-state index in [2.05, 4.69) is 4.99 Å². The van der Waals surface area contributed by atoms with Crippen LogP contribution in [0.2, 0.25) is 0 Å². The molecule has 0 radical (unpaired) electrons. The van der Waals surface area contributed by atoms with Crippen LogP contribution < -0.4 is 5.56 Å². The molecule has 0 aliphatic carbocycles. The fourth-order valence-corrected chi connectivity index (χ4v) is 1.53. The average Bonchev–Trinajstić information content (AvgIpc) is 2.74. The third-order valence-corrected chi connectivity index (χ3v) is 2.33. The minimum atomic E-state index is -0.0185. The second-order valence-electron chi connectivity index (χ2n) is 3.47. The largest absolute Gasteiger partial charge is 0.313 e. The Hall–Kier alpha value is -2.10. The van der Waals surface area contributed by atoms with E-state index in [0.29, 0.717) is 5.52 Å². The van der Waals surface area contributed by atoms with E-state index in [1.54, 1.807) is 29.9 Å². The van der Waals surface area contributed by atoms with Crippen molar-refractivity contribution < 1.29 is 0 Å². The van der Waals surface area contributed by atoms with E-state index in [1.807, 2.05) is 31.3 Å². The van der Waals surface area contributed by atoms with E-state index in [-0.39, 0.29) is 5.56 Å². The second kappa shape index (κ2) is 4.18. The minimum absolute atomic E-state index is 0.0185. The van der Waals surface area contributed by atoms with E-state index in [1.165, 1.54) is 4.57 Å². The van der Waals surface area contributed by atoms with Crippen molar-refractivity contribution in [1.29, 1.82) is 0 Å². The molecule has 2 rings (SSSR count). The van der Waals surface area contributed by atoms with Gasteiger partial charge in [0.1, 0.15) is 5.52 Å². The standard InChI is InChI=1S/C12H13N3O/c1-3-4-7-13-11-9-14(2)12(16)10-6-5-8-15(10)11/h3-9H,1-2H3/b4-3-,13-7-. The van der Waals surface area contributed by atoms with E-state index in [9.17, 15) is 4.79 Å². The molecule has 2 aromatic heterocycles. The molecule has 16 heavy (non-hydrogen) atoms. The van der Waals surface area contributed by atoms with Gasteiger partial charge in [-0.1, -0.05) is 6.08 Å². The van der Waals surface area contributed by atoms with Gasteiger partial charge >= 0.3 is 0 Å². The van der Waals surface area contributed by atoms with Gasteiger partial charge in [-0.3, -0.25) is 9.20 Å². The van der Waals surface area contributed by atoms with Crippen LogP contribution in [0.15, 0.2) is 46.5 Å². The topological polar surface area (TPSA) is 38.8 Å². The molecule has 0 bridgehead atoms. The van der Waals surface area contributed by atoms with Crippen molar-refractivity contribution in [2.24, 2.45) is 12.0 Å². The quantitative estimate of drug-likeness (QED) is 0.705. The molecule has 82 valence electrons. The maximum atomic E-state index is 11.7. The monoisotopic (exact) mass is 215 g/mol. The van der Waals surface area contributed by atoms with Crippen molar-refractivity contribution in [3.63, 3.8) is 0 Å². The predicted octanol–water partition coefficient (Wildman–Crippen LogP) is 1.92. The van der Waals surface area contributed by atoms with Gasteiger partial charge in [0, 0.05) is 19.5 Å². The number of aromatic nitrogens is 2. The number of rotatable bonds is 2. The van der Waals surface area contributed by atoms with Crippen LogP contribution in [0, 0.1) is 0 Å². The lowest BCUT2D eigenvalue weighted by molar-refractivity contribution is 0.847. The van der Waals surface area contributed by atoms with Gasteiger partial charge in [0.25, 0.3) is 5.56 Å². The van der Waals surface area contributed by atoms with Crippen molar-refractivity contribution in [3.05, 3.63) is 47.0 Å². The van der Waals surface area contributed by atoms with Crippen LogP contribution in [-0.2, 0) is 7.05 Å². The highest BCUT2D eigenvalue weighted by Gasteiger charge is 2.03. The molecule has 0 atom stereocenters. The van der Waals surface area contributed by atoms with Gasteiger partial charge < -0.3 is 4.57 Å². The SMILES string of the molecule is C/C=C\C=N/c1cn(C)c(=O)c2cccn12. The maximum Gasteiger partial charge on any atom is 0.274 e. The summed E-state index contributed by atoms with van der Waals surface area (Å²) in [5, 5.41) is 0. The van der Waals surface area contributed by atoms with Gasteiger partial charge in [0.2, 0.25) is 0 Å². The summed E-state index contributed by atoms with van der Waals surface area (Å²) in [5.41, 5.74) is 0.618. The van der Waals surface area contributed by atoms with Gasteiger partial charge in [0.15, 0.2) is 5.82 Å². The summed E-state index contributed by atoms with van der Waals surface area (Å²) in [5.74, 6) is 0.736. The van der Waals surface area contributed by atoms with E-state index >= 15 is 0 Å². The third-order valence-electron chi connectivity index (χ3n) is 2.33. The van der Waals surface area contributed by atoms with Gasteiger partial charge in [-0.25, -0.2) is 4.99 Å². The third kappa shape index (κ3) is 1.69. The van der Waals surface area contributed by atoms with E-state index < -0.39 is 0 Å². The van der Waals surface area contributed by atoms with E-state index in [0.717, 1.165) is 5.82 Å². The van der Waals surface area contributed by atoms with Crippen molar-refractivity contribution in [3.8, 4) is 0 Å². The number of aliphatic imine (C=N–C) groups is 1. The molecule has 0 saturated carbocycles. The lowest BCUT2D eigenvalue weighted by Gasteiger charge is -2.03. The number of hydrogen-bond acceptors (Lipinski definition) is 2. The summed E-state index contributed by atoms with van der Waals surface area (Å²) in [6.07, 6.45) is 9.01. The molecule has 0 spiro atoms. The van der Waals surface area contributed by atoms with Crippen LogP contribution >= 0.6 is 0 Å². The molecule has 4 nitrogen and oxygen atoms in total. The zero-order valence-corrected chi connectivity index (χ0v) is 9.29. The number of nitrogens with zero attached hydrogens (tertiary/aromatic N) is 3. The summed E-state index contributed by atoms with van der Waals surface area (Å²) in [4.78, 5) is 16.0. The molecule has 0 aliphatic heterocycles. The van der Waals surface area contributed by atoms with Gasteiger partial charge in [0.05, 0.1) is 6.20 Å². The second-order valence-corrected chi connectivity index (χ2v) is 3.47. The van der Waals surface area contributed by atoms with Crippen LogP contribution in [0.1, 0.15) is 6.92 Å². The van der Waals surface area contributed by atoms with Crippen LogP contribution in [0.3, 0.4) is 0 Å². The first-order chi connectivity index (χ1) is 7.74. The van der Waals surface area contributed by atoms with Gasteiger partial charge in [-0.2, -0.15) is 0 Å². The van der Waals surface area contributed by atoms with Crippen LogP contribution in [0.4, 0.5) is 5.82 Å². The summed E-state index contributed by atoms with van der Waals surface area (Å²) in [7, 11) is 1.73. The first kappa shape index (κ1) is 10.4. The molecule has 0 aliphatic rings. The molecule has 0 saturated heterocycles. The number of fused-ring (bicyclic) bond motifs is 1.